The van der Waals surface area contributed by atoms with Crippen LogP contribution >= 0.6 is 11.3 Å². The summed E-state index contributed by atoms with van der Waals surface area (Å²) in [5.74, 6) is 0. The van der Waals surface area contributed by atoms with Gasteiger partial charge in [-0.05, 0) is 36.0 Å². The minimum atomic E-state index is 1.26. The molecule has 4 aromatic rings. The zero-order chi connectivity index (χ0) is 13.7. The first-order chi connectivity index (χ1) is 9.75. The number of para-hydroxylation sites is 1. The van der Waals surface area contributed by atoms with Crippen LogP contribution in [0.15, 0.2) is 54.7 Å². The van der Waals surface area contributed by atoms with Crippen molar-refractivity contribution in [3.63, 3.8) is 0 Å². The Labute approximate surface area is 121 Å². The molecule has 0 bridgehead atoms. The third-order valence-electron chi connectivity index (χ3n) is 3.85. The van der Waals surface area contributed by atoms with Crippen LogP contribution < -0.4 is 4.40 Å². The lowest BCUT2D eigenvalue weighted by Gasteiger charge is -2.00. The predicted octanol–water partition coefficient (Wildman–Crippen LogP) is 3.95. The normalized spacial score (nSPS) is 11.5. The van der Waals surface area contributed by atoms with Gasteiger partial charge in [0.2, 0.25) is 0 Å². The molecule has 0 fully saturated rings. The van der Waals surface area contributed by atoms with Crippen LogP contribution in [0.2, 0.25) is 0 Å². The van der Waals surface area contributed by atoms with Gasteiger partial charge in [-0.3, -0.25) is 0 Å². The van der Waals surface area contributed by atoms with Crippen LogP contribution in [0.1, 0.15) is 5.56 Å². The molecule has 20 heavy (non-hydrogen) atoms. The molecular weight excluding hydrogens is 264 g/mol. The van der Waals surface area contributed by atoms with Gasteiger partial charge < -0.3 is 0 Å². The highest BCUT2D eigenvalue weighted by Crippen LogP contribution is 2.28. The summed E-state index contributed by atoms with van der Waals surface area (Å²) in [6.07, 6.45) is 2.25. The quantitative estimate of drug-likeness (QED) is 0.467. The molecule has 98 valence electrons. The summed E-state index contributed by atoms with van der Waals surface area (Å²) < 4.78 is 5.91. The van der Waals surface area contributed by atoms with Crippen LogP contribution in [0.4, 0.5) is 0 Å². The molecule has 4 rings (SSSR count). The van der Waals surface area contributed by atoms with Gasteiger partial charge in [-0.1, -0.05) is 36.4 Å². The van der Waals surface area contributed by atoms with Crippen LogP contribution in [0.25, 0.3) is 26.4 Å². The zero-order valence-corrected chi connectivity index (χ0v) is 12.3. The maximum absolute atomic E-state index is 2.29. The van der Waals surface area contributed by atoms with Crippen molar-refractivity contribution in [1.82, 2.24) is 4.57 Å². The van der Waals surface area contributed by atoms with Gasteiger partial charge in [0.25, 0.3) is 0 Å². The van der Waals surface area contributed by atoms with Crippen molar-refractivity contribution in [2.45, 2.75) is 6.92 Å². The molecule has 0 saturated carbocycles. The van der Waals surface area contributed by atoms with E-state index < -0.39 is 0 Å². The van der Waals surface area contributed by atoms with E-state index >= 15 is 0 Å². The van der Waals surface area contributed by atoms with Gasteiger partial charge in [0.1, 0.15) is 6.20 Å². The number of imidazole rings is 1. The molecule has 0 unspecified atom stereocenters. The van der Waals surface area contributed by atoms with Crippen molar-refractivity contribution >= 4 is 26.5 Å². The van der Waals surface area contributed by atoms with E-state index in [0.717, 1.165) is 0 Å². The molecule has 2 aromatic carbocycles. The van der Waals surface area contributed by atoms with Crippen molar-refractivity contribution in [3.05, 3.63) is 60.3 Å². The molecule has 0 amide bonds. The van der Waals surface area contributed by atoms with E-state index in [1.165, 1.54) is 32.0 Å². The van der Waals surface area contributed by atoms with Gasteiger partial charge in [0, 0.05) is 5.56 Å². The Bertz CT molecular complexity index is 931. The van der Waals surface area contributed by atoms with Gasteiger partial charge >= 0.3 is 4.96 Å². The van der Waals surface area contributed by atoms with Crippen molar-refractivity contribution in [3.8, 4) is 11.3 Å². The van der Waals surface area contributed by atoms with Crippen LogP contribution in [0, 0.1) is 6.92 Å². The van der Waals surface area contributed by atoms with E-state index in [-0.39, 0.29) is 0 Å². The minimum absolute atomic E-state index is 1.26. The number of aromatic nitrogens is 2. The summed E-state index contributed by atoms with van der Waals surface area (Å²) in [4.78, 5) is 1.27. The fraction of sp³-hybridized carbons (Fsp3) is 0.118. The summed E-state index contributed by atoms with van der Waals surface area (Å²) in [7, 11) is 2.15. The van der Waals surface area contributed by atoms with Gasteiger partial charge in [-0.25, -0.2) is 4.57 Å². The van der Waals surface area contributed by atoms with Gasteiger partial charge in [-0.2, -0.15) is 4.40 Å². The van der Waals surface area contributed by atoms with Crippen molar-refractivity contribution in [1.29, 1.82) is 0 Å². The van der Waals surface area contributed by atoms with E-state index in [4.69, 9.17) is 0 Å². The summed E-state index contributed by atoms with van der Waals surface area (Å²) in [5, 5.41) is 0. The smallest absolute Gasteiger partial charge is 0.216 e. The standard InChI is InChI=1S/C17H15N2S/c1-12-7-3-4-8-13(12)15-11-19-14-9-5-6-10-16(14)20-17(19)18(15)2/h3-11H,1-2H3/q+1. The zero-order valence-electron chi connectivity index (χ0n) is 11.5. The van der Waals surface area contributed by atoms with Crippen LogP contribution in [0.5, 0.6) is 0 Å². The van der Waals surface area contributed by atoms with E-state index in [9.17, 15) is 0 Å². The van der Waals surface area contributed by atoms with E-state index in [0.29, 0.717) is 0 Å². The Balaban J connectivity index is 2.07. The summed E-state index contributed by atoms with van der Waals surface area (Å²) in [5.41, 5.74) is 5.16. The first-order valence-electron chi connectivity index (χ1n) is 6.70. The molecule has 0 aliphatic carbocycles. The van der Waals surface area contributed by atoms with Gasteiger partial charge in [0.15, 0.2) is 11.2 Å². The Kier molecular flexibility index (Phi) is 2.44. The van der Waals surface area contributed by atoms with Crippen molar-refractivity contribution < 1.29 is 4.40 Å². The van der Waals surface area contributed by atoms with E-state index in [2.05, 4.69) is 77.7 Å². The summed E-state index contributed by atoms with van der Waals surface area (Å²) in [6.45, 7) is 2.17. The fourth-order valence-corrected chi connectivity index (χ4v) is 3.87. The second kappa shape index (κ2) is 4.18. The first-order valence-corrected chi connectivity index (χ1v) is 7.52. The average molecular weight is 279 g/mol. The Hall–Kier alpha value is -2.13. The van der Waals surface area contributed by atoms with Gasteiger partial charge in [0.05, 0.1) is 11.7 Å². The number of hydrogen-bond acceptors (Lipinski definition) is 1. The third kappa shape index (κ3) is 1.53. The molecule has 2 heterocycles. The summed E-state index contributed by atoms with van der Waals surface area (Å²) >= 11 is 1.84. The molecule has 3 heteroatoms. The first kappa shape index (κ1) is 11.7. The lowest BCUT2D eigenvalue weighted by atomic mass is 10.1. The molecule has 0 atom stereocenters. The monoisotopic (exact) mass is 279 g/mol. The minimum Gasteiger partial charge on any atom is -0.216 e. The molecule has 0 aliphatic heterocycles. The number of hydrogen-bond donors (Lipinski definition) is 0. The second-order valence-corrected chi connectivity index (χ2v) is 6.12. The van der Waals surface area contributed by atoms with Crippen molar-refractivity contribution in [2.75, 3.05) is 0 Å². The van der Waals surface area contributed by atoms with Crippen LogP contribution in [-0.2, 0) is 7.05 Å². The maximum atomic E-state index is 2.29. The molecule has 2 nitrogen and oxygen atoms in total. The van der Waals surface area contributed by atoms with Crippen LogP contribution in [-0.4, -0.2) is 4.57 Å². The Morgan fingerprint density at radius 1 is 1.00 bits per heavy atom. The van der Waals surface area contributed by atoms with E-state index in [1.54, 1.807) is 0 Å². The molecular formula is C17H15N2S+. The Morgan fingerprint density at radius 3 is 2.60 bits per heavy atom. The number of fused-ring (bicyclic) bond motifs is 3. The maximum Gasteiger partial charge on any atom is 0.347 e. The number of thiazole rings is 1. The fourth-order valence-electron chi connectivity index (χ4n) is 2.77. The Morgan fingerprint density at radius 2 is 1.75 bits per heavy atom. The lowest BCUT2D eigenvalue weighted by molar-refractivity contribution is -0.475. The SMILES string of the molecule is Cc1ccccc1-c1c[n+]2c3ccccc3sc2n1C. The number of benzene rings is 2. The predicted molar refractivity (Wildman–Crippen MR) is 84.1 cm³/mol. The average Bonchev–Trinajstić information content (AvgIpc) is 2.97. The molecule has 2 aromatic heterocycles. The highest BCUT2D eigenvalue weighted by Gasteiger charge is 2.21. The van der Waals surface area contributed by atoms with E-state index in [1.807, 2.05) is 11.3 Å². The number of aryl methyl sites for hydroxylation is 2. The molecule has 0 N–H and O–H groups in total. The largest absolute Gasteiger partial charge is 0.347 e. The summed E-state index contributed by atoms with van der Waals surface area (Å²) in [6, 6.07) is 17.1. The lowest BCUT2D eigenvalue weighted by Crippen LogP contribution is -2.15. The molecule has 0 spiro atoms. The van der Waals surface area contributed by atoms with Crippen molar-refractivity contribution in [2.24, 2.45) is 7.05 Å². The second-order valence-electron chi connectivity index (χ2n) is 5.11. The highest BCUT2D eigenvalue weighted by molar-refractivity contribution is 7.23. The number of nitrogens with zero attached hydrogens (tertiary/aromatic N) is 2. The number of rotatable bonds is 1. The van der Waals surface area contributed by atoms with Gasteiger partial charge in [-0.15, -0.1) is 0 Å². The highest BCUT2D eigenvalue weighted by atomic mass is 32.1. The molecule has 0 aliphatic rings. The topological polar surface area (TPSA) is 9.03 Å². The third-order valence-corrected chi connectivity index (χ3v) is 5.07. The van der Waals surface area contributed by atoms with Crippen LogP contribution in [0.3, 0.4) is 0 Å². The molecule has 0 radical (unpaired) electrons. The molecule has 0 saturated heterocycles.